The van der Waals surface area contributed by atoms with Gasteiger partial charge < -0.3 is 15.8 Å². The molecule has 1 saturated carbocycles. The van der Waals surface area contributed by atoms with E-state index in [-0.39, 0.29) is 51.5 Å². The number of aromatic nitrogens is 1. The van der Waals surface area contributed by atoms with Gasteiger partial charge in [-0.2, -0.15) is 13.2 Å². The molecule has 1 saturated heterocycles. The fourth-order valence-electron chi connectivity index (χ4n) is 3.86. The van der Waals surface area contributed by atoms with Gasteiger partial charge in [0, 0.05) is 17.6 Å². The number of nitrogen functional groups attached to an aromatic ring is 1. The van der Waals surface area contributed by atoms with Crippen LogP contribution in [0.5, 0.6) is 0 Å². The van der Waals surface area contributed by atoms with Crippen LogP contribution in [0.3, 0.4) is 0 Å². The monoisotopic (exact) mass is 468 g/mol. The standard InChI is InChI=1S/C21H23F3N4O3S/c1-11(27-9-12-4-5-32(29,30)10-12)31-20(26)18-8-17(25)15-6-14(13-2-3-13)7-16(19(15)28-18)21(22,23)24/h6-8,12-13,26-27H,1-5,9-10H2,(H2,25,28). The van der Waals surface area contributed by atoms with Gasteiger partial charge in [0.2, 0.25) is 5.90 Å². The van der Waals surface area contributed by atoms with Crippen LogP contribution in [0.4, 0.5) is 18.9 Å². The average molecular weight is 469 g/mol. The lowest BCUT2D eigenvalue weighted by Gasteiger charge is -2.16. The van der Waals surface area contributed by atoms with Gasteiger partial charge in [-0.05, 0) is 61.4 Å². The zero-order valence-electron chi connectivity index (χ0n) is 17.1. The van der Waals surface area contributed by atoms with E-state index in [1.165, 1.54) is 6.07 Å². The van der Waals surface area contributed by atoms with E-state index < -0.39 is 27.5 Å². The number of nitrogens with zero attached hydrogens (tertiary/aromatic N) is 1. The van der Waals surface area contributed by atoms with E-state index in [9.17, 15) is 21.6 Å². The molecule has 7 nitrogen and oxygen atoms in total. The van der Waals surface area contributed by atoms with Crippen LogP contribution in [0.25, 0.3) is 10.9 Å². The second kappa shape index (κ2) is 7.95. The first-order valence-electron chi connectivity index (χ1n) is 10.1. The molecule has 0 radical (unpaired) electrons. The molecule has 1 aromatic heterocycles. The molecule has 4 N–H and O–H groups in total. The molecule has 11 heteroatoms. The summed E-state index contributed by atoms with van der Waals surface area (Å²) in [6.07, 6.45) is -2.42. The average Bonchev–Trinajstić information content (AvgIpc) is 3.48. The molecule has 0 amide bonds. The largest absolute Gasteiger partial charge is 0.422 e. The van der Waals surface area contributed by atoms with Crippen LogP contribution in [0.2, 0.25) is 0 Å². The van der Waals surface area contributed by atoms with Gasteiger partial charge in [0.25, 0.3) is 0 Å². The van der Waals surface area contributed by atoms with E-state index in [2.05, 4.69) is 16.9 Å². The number of anilines is 1. The van der Waals surface area contributed by atoms with Crippen LogP contribution in [-0.2, 0) is 20.8 Å². The Morgan fingerprint density at radius 1 is 1.28 bits per heavy atom. The van der Waals surface area contributed by atoms with Crippen LogP contribution in [0.1, 0.15) is 42.0 Å². The van der Waals surface area contributed by atoms with Gasteiger partial charge in [-0.15, -0.1) is 0 Å². The van der Waals surface area contributed by atoms with E-state index in [4.69, 9.17) is 15.9 Å². The van der Waals surface area contributed by atoms with Crippen molar-refractivity contribution in [1.29, 1.82) is 5.41 Å². The maximum atomic E-state index is 13.7. The van der Waals surface area contributed by atoms with Crippen molar-refractivity contribution in [2.75, 3.05) is 23.8 Å². The Labute approximate surface area is 183 Å². The molecule has 172 valence electrons. The molecule has 1 unspecified atom stereocenters. The van der Waals surface area contributed by atoms with E-state index in [0.29, 0.717) is 18.5 Å². The predicted octanol–water partition coefficient (Wildman–Crippen LogP) is 3.55. The fraction of sp³-hybridized carbons (Fsp3) is 0.429. The maximum absolute atomic E-state index is 13.7. The summed E-state index contributed by atoms with van der Waals surface area (Å²) >= 11 is 0. The first kappa shape index (κ1) is 22.4. The second-order valence-electron chi connectivity index (χ2n) is 8.34. The van der Waals surface area contributed by atoms with Gasteiger partial charge in [-0.3, -0.25) is 5.41 Å². The second-order valence-corrected chi connectivity index (χ2v) is 10.6. The zero-order chi connectivity index (χ0) is 23.3. The summed E-state index contributed by atoms with van der Waals surface area (Å²) in [4.78, 5) is 4.04. The molecule has 1 aliphatic carbocycles. The van der Waals surface area contributed by atoms with E-state index in [0.717, 1.165) is 18.9 Å². The normalized spacial score (nSPS) is 20.3. The molecule has 0 spiro atoms. The number of hydrogen-bond donors (Lipinski definition) is 3. The maximum Gasteiger partial charge on any atom is 0.418 e. The molecule has 1 aliphatic heterocycles. The summed E-state index contributed by atoms with van der Waals surface area (Å²) in [5.41, 5.74) is 5.31. The Bertz CT molecular complexity index is 1210. The molecule has 2 fully saturated rings. The lowest BCUT2D eigenvalue weighted by molar-refractivity contribution is -0.136. The van der Waals surface area contributed by atoms with Gasteiger partial charge in [-0.25, -0.2) is 13.4 Å². The Balaban J connectivity index is 1.54. The quantitative estimate of drug-likeness (QED) is 0.339. The number of fused-ring (bicyclic) bond motifs is 1. The van der Waals surface area contributed by atoms with Crippen LogP contribution in [-0.4, -0.2) is 37.3 Å². The number of alkyl halides is 3. The molecule has 32 heavy (non-hydrogen) atoms. The van der Waals surface area contributed by atoms with Crippen molar-refractivity contribution in [3.05, 3.63) is 47.5 Å². The van der Waals surface area contributed by atoms with E-state index in [1.807, 2.05) is 0 Å². The van der Waals surface area contributed by atoms with Crippen molar-refractivity contribution < 1.29 is 26.3 Å². The van der Waals surface area contributed by atoms with Gasteiger partial charge in [0.05, 0.1) is 22.6 Å². The number of nitrogens with one attached hydrogen (secondary N) is 2. The highest BCUT2D eigenvalue weighted by atomic mass is 32.2. The molecule has 0 bridgehead atoms. The first-order chi connectivity index (χ1) is 14.9. The zero-order valence-corrected chi connectivity index (χ0v) is 17.9. The molecular weight excluding hydrogens is 445 g/mol. The SMILES string of the molecule is C=C(NCC1CCS(=O)(=O)C1)OC(=N)c1cc(N)c2cc(C3CC3)cc(C(F)(F)F)c2n1. The van der Waals surface area contributed by atoms with Crippen molar-refractivity contribution in [1.82, 2.24) is 10.3 Å². The molecule has 1 aromatic carbocycles. The third-order valence-electron chi connectivity index (χ3n) is 5.69. The highest BCUT2D eigenvalue weighted by molar-refractivity contribution is 7.91. The number of nitrogens with two attached hydrogens (primary N) is 1. The molecular formula is C21H23F3N4O3S. The summed E-state index contributed by atoms with van der Waals surface area (Å²) in [5.74, 6) is -0.345. The smallest absolute Gasteiger partial charge is 0.418 e. The van der Waals surface area contributed by atoms with Crippen molar-refractivity contribution in [3.63, 3.8) is 0 Å². The van der Waals surface area contributed by atoms with Crippen molar-refractivity contribution in [2.24, 2.45) is 5.92 Å². The Kier molecular flexibility index (Phi) is 5.56. The van der Waals surface area contributed by atoms with E-state index >= 15 is 0 Å². The third kappa shape index (κ3) is 4.82. The minimum atomic E-state index is -4.63. The van der Waals surface area contributed by atoms with Crippen LogP contribution < -0.4 is 11.1 Å². The molecule has 4 rings (SSSR count). The lowest BCUT2D eigenvalue weighted by Crippen LogP contribution is -2.25. The van der Waals surface area contributed by atoms with Crippen LogP contribution in [0, 0.1) is 11.3 Å². The number of sulfone groups is 1. The van der Waals surface area contributed by atoms with Gasteiger partial charge in [-0.1, -0.05) is 0 Å². The topological polar surface area (TPSA) is 118 Å². The van der Waals surface area contributed by atoms with Gasteiger partial charge >= 0.3 is 6.18 Å². The number of benzene rings is 1. The number of halogens is 3. The number of hydrogen-bond acceptors (Lipinski definition) is 7. The van der Waals surface area contributed by atoms with E-state index in [1.54, 1.807) is 6.07 Å². The Morgan fingerprint density at radius 2 is 2.00 bits per heavy atom. The molecule has 2 aliphatic rings. The Hall–Kier alpha value is -2.82. The van der Waals surface area contributed by atoms with Gasteiger partial charge in [0.1, 0.15) is 5.69 Å². The Morgan fingerprint density at radius 3 is 2.59 bits per heavy atom. The number of ether oxygens (including phenoxy) is 1. The van der Waals surface area contributed by atoms with Crippen molar-refractivity contribution >= 4 is 32.3 Å². The summed E-state index contributed by atoms with van der Waals surface area (Å²) in [7, 11) is -3.02. The minimum Gasteiger partial charge on any atom is -0.422 e. The third-order valence-corrected chi connectivity index (χ3v) is 7.53. The minimum absolute atomic E-state index is 0.0279. The van der Waals surface area contributed by atoms with Crippen LogP contribution in [0.15, 0.2) is 30.7 Å². The van der Waals surface area contributed by atoms with Crippen molar-refractivity contribution in [2.45, 2.75) is 31.4 Å². The number of rotatable bonds is 6. The van der Waals surface area contributed by atoms with Crippen molar-refractivity contribution in [3.8, 4) is 0 Å². The highest BCUT2D eigenvalue weighted by Crippen LogP contribution is 2.45. The summed E-state index contributed by atoms with van der Waals surface area (Å²) < 4.78 is 69.5. The van der Waals surface area contributed by atoms with Gasteiger partial charge in [0.15, 0.2) is 15.7 Å². The summed E-state index contributed by atoms with van der Waals surface area (Å²) in [5, 5.41) is 11.1. The number of pyridine rings is 1. The van der Waals surface area contributed by atoms with Crippen LogP contribution >= 0.6 is 0 Å². The highest BCUT2D eigenvalue weighted by Gasteiger charge is 2.36. The predicted molar refractivity (Wildman–Crippen MR) is 115 cm³/mol. The molecule has 1 atom stereocenters. The lowest BCUT2D eigenvalue weighted by atomic mass is 10.00. The fourth-order valence-corrected chi connectivity index (χ4v) is 5.72. The molecule has 2 aromatic rings. The molecule has 2 heterocycles. The summed E-state index contributed by atoms with van der Waals surface area (Å²) in [6, 6.07) is 4.05. The summed E-state index contributed by atoms with van der Waals surface area (Å²) in [6.45, 7) is 3.93. The first-order valence-corrected chi connectivity index (χ1v) is 12.0.